The molecule has 0 saturated carbocycles. The molecule has 0 bridgehead atoms. The highest BCUT2D eigenvalue weighted by molar-refractivity contribution is 7.09. The van der Waals surface area contributed by atoms with E-state index in [0.29, 0.717) is 13.2 Å². The number of carbonyl (C=O) groups is 1. The molecule has 25 heavy (non-hydrogen) atoms. The van der Waals surface area contributed by atoms with E-state index in [0.717, 1.165) is 28.4 Å². The van der Waals surface area contributed by atoms with E-state index in [1.165, 1.54) is 7.11 Å². The SMILES string of the molecule is CC[C@H](C)N(Cc1csc(COc2cccc(C)c2)n1)C(=O)COC. The molecule has 0 saturated heterocycles. The number of rotatable bonds is 9. The molecule has 0 aliphatic carbocycles. The molecule has 0 fully saturated rings. The largest absolute Gasteiger partial charge is 0.486 e. The summed E-state index contributed by atoms with van der Waals surface area (Å²) in [5.74, 6) is 0.829. The quantitative estimate of drug-likeness (QED) is 0.681. The fraction of sp³-hybridized carbons (Fsp3) is 0.474. The standard InChI is InChI=1S/C19H26N2O3S/c1-5-15(3)21(19(22)12-23-4)10-16-13-25-18(20-16)11-24-17-8-6-7-14(2)9-17/h6-9,13,15H,5,10-12H2,1-4H3/t15-/m0/s1. The first-order valence-electron chi connectivity index (χ1n) is 8.44. The number of hydrogen-bond donors (Lipinski definition) is 0. The number of amides is 1. The van der Waals surface area contributed by atoms with E-state index in [1.54, 1.807) is 11.3 Å². The molecule has 0 unspecified atom stereocenters. The highest BCUT2D eigenvalue weighted by atomic mass is 32.1. The monoisotopic (exact) mass is 362 g/mol. The van der Waals surface area contributed by atoms with Crippen molar-refractivity contribution in [1.82, 2.24) is 9.88 Å². The molecule has 1 aromatic carbocycles. The van der Waals surface area contributed by atoms with Crippen molar-refractivity contribution in [3.8, 4) is 5.75 Å². The molecule has 0 aliphatic heterocycles. The van der Waals surface area contributed by atoms with Gasteiger partial charge in [-0.25, -0.2) is 4.98 Å². The van der Waals surface area contributed by atoms with Gasteiger partial charge in [-0.15, -0.1) is 11.3 Å². The molecule has 0 radical (unpaired) electrons. The first-order chi connectivity index (χ1) is 12.0. The average molecular weight is 362 g/mol. The van der Waals surface area contributed by atoms with Gasteiger partial charge >= 0.3 is 0 Å². The second kappa shape index (κ2) is 9.53. The highest BCUT2D eigenvalue weighted by Gasteiger charge is 2.20. The highest BCUT2D eigenvalue weighted by Crippen LogP contribution is 2.18. The van der Waals surface area contributed by atoms with Crippen molar-refractivity contribution < 1.29 is 14.3 Å². The third-order valence-electron chi connectivity index (χ3n) is 3.99. The first kappa shape index (κ1) is 19.4. The summed E-state index contributed by atoms with van der Waals surface area (Å²) in [6.45, 7) is 7.18. The zero-order chi connectivity index (χ0) is 18.2. The van der Waals surface area contributed by atoms with E-state index in [1.807, 2.05) is 48.4 Å². The molecule has 0 spiro atoms. The molecule has 6 heteroatoms. The van der Waals surface area contributed by atoms with Gasteiger partial charge < -0.3 is 14.4 Å². The molecule has 1 heterocycles. The Morgan fingerprint density at radius 2 is 2.20 bits per heavy atom. The molecule has 2 aromatic rings. The Balaban J connectivity index is 1.97. The third kappa shape index (κ3) is 5.83. The van der Waals surface area contributed by atoms with Crippen molar-refractivity contribution >= 4 is 17.2 Å². The normalized spacial score (nSPS) is 12.0. The number of methoxy groups -OCH3 is 1. The predicted molar refractivity (Wildman–Crippen MR) is 99.8 cm³/mol. The second-order valence-electron chi connectivity index (χ2n) is 6.05. The molecule has 0 N–H and O–H groups in total. The molecule has 136 valence electrons. The minimum absolute atomic E-state index is 0.0117. The summed E-state index contributed by atoms with van der Waals surface area (Å²) in [5, 5.41) is 2.89. The fourth-order valence-electron chi connectivity index (χ4n) is 2.43. The number of hydrogen-bond acceptors (Lipinski definition) is 5. The summed E-state index contributed by atoms with van der Waals surface area (Å²) in [5.41, 5.74) is 2.05. The molecule has 0 aliphatic rings. The maximum atomic E-state index is 12.2. The first-order valence-corrected chi connectivity index (χ1v) is 9.32. The topological polar surface area (TPSA) is 51.7 Å². The van der Waals surface area contributed by atoms with Gasteiger partial charge in [0.25, 0.3) is 0 Å². The van der Waals surface area contributed by atoms with Crippen LogP contribution in [0.15, 0.2) is 29.6 Å². The van der Waals surface area contributed by atoms with Crippen LogP contribution in [-0.2, 0) is 22.7 Å². The van der Waals surface area contributed by atoms with E-state index >= 15 is 0 Å². The number of carbonyl (C=O) groups excluding carboxylic acids is 1. The molecular formula is C19H26N2O3S. The number of thiazole rings is 1. The Kier molecular flexibility index (Phi) is 7.40. The van der Waals surface area contributed by atoms with Crippen molar-refractivity contribution in [2.24, 2.45) is 0 Å². The minimum atomic E-state index is -0.0117. The lowest BCUT2D eigenvalue weighted by atomic mass is 10.2. The second-order valence-corrected chi connectivity index (χ2v) is 6.99. The van der Waals surface area contributed by atoms with Crippen LogP contribution in [0.25, 0.3) is 0 Å². The Labute approximate surface area is 153 Å². The average Bonchev–Trinajstić information content (AvgIpc) is 3.05. The van der Waals surface area contributed by atoms with Gasteiger partial charge in [0.1, 0.15) is 24.0 Å². The molecule has 1 atom stereocenters. The van der Waals surface area contributed by atoms with E-state index in [-0.39, 0.29) is 18.6 Å². The number of aromatic nitrogens is 1. The summed E-state index contributed by atoms with van der Waals surface area (Å²) >= 11 is 1.55. The van der Waals surface area contributed by atoms with Crippen LogP contribution in [0.5, 0.6) is 5.75 Å². The van der Waals surface area contributed by atoms with Crippen LogP contribution in [0.3, 0.4) is 0 Å². The molecule has 5 nitrogen and oxygen atoms in total. The lowest BCUT2D eigenvalue weighted by molar-refractivity contribution is -0.138. The van der Waals surface area contributed by atoms with Crippen LogP contribution in [0, 0.1) is 6.92 Å². The van der Waals surface area contributed by atoms with Gasteiger partial charge in [0.2, 0.25) is 5.91 Å². The fourth-order valence-corrected chi connectivity index (χ4v) is 3.13. The van der Waals surface area contributed by atoms with Gasteiger partial charge in [0, 0.05) is 18.5 Å². The zero-order valence-corrected chi connectivity index (χ0v) is 16.1. The maximum Gasteiger partial charge on any atom is 0.249 e. The van der Waals surface area contributed by atoms with Crippen LogP contribution in [0.1, 0.15) is 36.5 Å². The summed E-state index contributed by atoms with van der Waals surface area (Å²) < 4.78 is 10.8. The van der Waals surface area contributed by atoms with Gasteiger partial charge in [-0.3, -0.25) is 4.79 Å². The smallest absolute Gasteiger partial charge is 0.249 e. The van der Waals surface area contributed by atoms with Crippen molar-refractivity contribution in [3.63, 3.8) is 0 Å². The summed E-state index contributed by atoms with van der Waals surface area (Å²) in [4.78, 5) is 18.7. The van der Waals surface area contributed by atoms with Crippen LogP contribution >= 0.6 is 11.3 Å². The predicted octanol–water partition coefficient (Wildman–Crippen LogP) is 3.80. The minimum Gasteiger partial charge on any atom is -0.486 e. The lowest BCUT2D eigenvalue weighted by Gasteiger charge is -2.27. The summed E-state index contributed by atoms with van der Waals surface area (Å²) in [6, 6.07) is 8.10. The molecule has 2 rings (SSSR count). The number of ether oxygens (including phenoxy) is 2. The van der Waals surface area contributed by atoms with E-state index in [2.05, 4.69) is 11.9 Å². The summed E-state index contributed by atoms with van der Waals surface area (Å²) in [7, 11) is 1.54. The summed E-state index contributed by atoms with van der Waals surface area (Å²) in [6.07, 6.45) is 0.892. The number of benzene rings is 1. The third-order valence-corrected chi connectivity index (χ3v) is 4.87. The van der Waals surface area contributed by atoms with E-state index in [4.69, 9.17) is 9.47 Å². The lowest BCUT2D eigenvalue weighted by Crippen LogP contribution is -2.39. The van der Waals surface area contributed by atoms with Crippen molar-refractivity contribution in [3.05, 3.63) is 45.9 Å². The van der Waals surface area contributed by atoms with E-state index < -0.39 is 0 Å². The molecule has 1 amide bonds. The number of aryl methyl sites for hydroxylation is 1. The van der Waals surface area contributed by atoms with Gasteiger partial charge in [0.05, 0.1) is 12.2 Å². The maximum absolute atomic E-state index is 12.2. The van der Waals surface area contributed by atoms with Crippen LogP contribution in [-0.4, -0.2) is 35.5 Å². The Morgan fingerprint density at radius 3 is 2.88 bits per heavy atom. The number of nitrogens with zero attached hydrogens (tertiary/aromatic N) is 2. The van der Waals surface area contributed by atoms with Gasteiger partial charge in [-0.2, -0.15) is 0 Å². The Bertz CT molecular complexity index is 687. The molecule has 1 aromatic heterocycles. The van der Waals surface area contributed by atoms with Crippen molar-refractivity contribution in [2.45, 2.75) is 46.4 Å². The van der Waals surface area contributed by atoms with Gasteiger partial charge in [-0.05, 0) is 38.0 Å². The van der Waals surface area contributed by atoms with Crippen molar-refractivity contribution in [1.29, 1.82) is 0 Å². The van der Waals surface area contributed by atoms with Crippen molar-refractivity contribution in [2.75, 3.05) is 13.7 Å². The zero-order valence-electron chi connectivity index (χ0n) is 15.3. The Hall–Kier alpha value is -1.92. The Morgan fingerprint density at radius 1 is 1.40 bits per heavy atom. The van der Waals surface area contributed by atoms with Gasteiger partial charge in [0.15, 0.2) is 0 Å². The van der Waals surface area contributed by atoms with Crippen LogP contribution < -0.4 is 4.74 Å². The van der Waals surface area contributed by atoms with Crippen LogP contribution in [0.2, 0.25) is 0 Å². The van der Waals surface area contributed by atoms with Crippen LogP contribution in [0.4, 0.5) is 0 Å². The molecular weight excluding hydrogens is 336 g/mol. The van der Waals surface area contributed by atoms with Gasteiger partial charge in [-0.1, -0.05) is 19.1 Å². The van der Waals surface area contributed by atoms with E-state index in [9.17, 15) is 4.79 Å².